The number of ether oxygens (including phenoxy) is 1. The second-order valence-electron chi connectivity index (χ2n) is 7.66. The van der Waals surface area contributed by atoms with Gasteiger partial charge in [-0.15, -0.1) is 0 Å². The lowest BCUT2D eigenvalue weighted by Gasteiger charge is -2.30. The van der Waals surface area contributed by atoms with Crippen LogP contribution in [0.3, 0.4) is 0 Å². The van der Waals surface area contributed by atoms with E-state index >= 15 is 0 Å². The van der Waals surface area contributed by atoms with E-state index in [-0.39, 0.29) is 24.3 Å². The smallest absolute Gasteiger partial charge is 0.314 e. The number of allylic oxidation sites excluding steroid dienone is 4. The minimum Gasteiger partial charge on any atom is -0.459 e. The highest BCUT2D eigenvalue weighted by molar-refractivity contribution is 5.90. The summed E-state index contributed by atoms with van der Waals surface area (Å²) < 4.78 is 5.51. The van der Waals surface area contributed by atoms with Crippen molar-refractivity contribution in [2.75, 3.05) is 6.54 Å². The molecule has 1 heterocycles. The largest absolute Gasteiger partial charge is 0.459 e. The molecule has 1 saturated heterocycles. The van der Waals surface area contributed by atoms with Crippen LogP contribution in [-0.4, -0.2) is 35.0 Å². The molecule has 0 saturated carbocycles. The number of carbonyl (C=O) groups is 2. The van der Waals surface area contributed by atoms with E-state index in [0.717, 1.165) is 12.0 Å². The van der Waals surface area contributed by atoms with Gasteiger partial charge >= 0.3 is 5.97 Å². The Morgan fingerprint density at radius 3 is 2.70 bits per heavy atom. The predicted octanol–water partition coefficient (Wildman–Crippen LogP) is 3.40. The molecule has 0 N–H and O–H groups in total. The third-order valence-corrected chi connectivity index (χ3v) is 4.25. The van der Waals surface area contributed by atoms with Gasteiger partial charge in [0.1, 0.15) is 5.60 Å². The summed E-state index contributed by atoms with van der Waals surface area (Å²) in [6, 6.07) is -0.0390. The summed E-state index contributed by atoms with van der Waals surface area (Å²) in [6.45, 7) is 9.78. The van der Waals surface area contributed by atoms with Gasteiger partial charge in [-0.2, -0.15) is 0 Å². The van der Waals surface area contributed by atoms with Crippen molar-refractivity contribution < 1.29 is 14.3 Å². The topological polar surface area (TPSA) is 46.6 Å². The molecule has 0 aromatic carbocycles. The Hall–Kier alpha value is -1.84. The molecule has 2 rings (SSSR count). The molecule has 4 heteroatoms. The zero-order chi connectivity index (χ0) is 17.3. The van der Waals surface area contributed by atoms with Gasteiger partial charge in [0.15, 0.2) is 0 Å². The third kappa shape index (κ3) is 4.12. The standard InChI is InChI=1S/C19H27NO3/c1-14(15-10-8-6-7-9-11-15)20-13-19(5,12-16(20)21)17(22)23-18(2,3)4/h6-8,10-11,14H,9,12-13H2,1-5H3/t14-,19+/m1/s1. The highest BCUT2D eigenvalue weighted by Gasteiger charge is 2.48. The fourth-order valence-corrected chi connectivity index (χ4v) is 2.93. The quantitative estimate of drug-likeness (QED) is 0.750. The van der Waals surface area contributed by atoms with Crippen LogP contribution in [0, 0.1) is 5.41 Å². The SMILES string of the molecule is C[C@H](C1=CCC=CC=C1)N1C[C@@](C)(C(=O)OC(C)(C)C)CC1=O. The second kappa shape index (κ2) is 6.34. The van der Waals surface area contributed by atoms with Gasteiger partial charge in [-0.3, -0.25) is 9.59 Å². The van der Waals surface area contributed by atoms with Crippen molar-refractivity contribution in [1.29, 1.82) is 0 Å². The number of hydrogen-bond acceptors (Lipinski definition) is 3. The third-order valence-electron chi connectivity index (χ3n) is 4.25. The lowest BCUT2D eigenvalue weighted by Crippen LogP contribution is -2.40. The number of amides is 1. The first-order valence-electron chi connectivity index (χ1n) is 8.19. The Labute approximate surface area is 138 Å². The molecule has 0 aromatic heterocycles. The summed E-state index contributed by atoms with van der Waals surface area (Å²) in [4.78, 5) is 26.8. The molecule has 2 atom stereocenters. The highest BCUT2D eigenvalue weighted by Crippen LogP contribution is 2.36. The fraction of sp³-hybridized carbons (Fsp3) is 0.579. The molecule has 0 unspecified atom stereocenters. The van der Waals surface area contributed by atoms with E-state index in [1.807, 2.05) is 52.8 Å². The first-order valence-corrected chi connectivity index (χ1v) is 8.19. The maximum absolute atomic E-state index is 12.5. The van der Waals surface area contributed by atoms with Gasteiger partial charge in [0.2, 0.25) is 5.91 Å². The molecule has 1 aliphatic heterocycles. The summed E-state index contributed by atoms with van der Waals surface area (Å²) in [5.41, 5.74) is -0.205. The lowest BCUT2D eigenvalue weighted by molar-refractivity contribution is -0.166. The number of hydrogen-bond donors (Lipinski definition) is 0. The van der Waals surface area contributed by atoms with E-state index in [9.17, 15) is 9.59 Å². The molecule has 0 radical (unpaired) electrons. The Morgan fingerprint density at radius 2 is 2.04 bits per heavy atom. The summed E-state index contributed by atoms with van der Waals surface area (Å²) >= 11 is 0. The van der Waals surface area contributed by atoms with Crippen LogP contribution in [0.4, 0.5) is 0 Å². The first-order chi connectivity index (χ1) is 10.6. The number of carbonyl (C=O) groups excluding carboxylic acids is 2. The van der Waals surface area contributed by atoms with Crippen LogP contribution >= 0.6 is 0 Å². The van der Waals surface area contributed by atoms with E-state index in [0.29, 0.717) is 6.54 Å². The molecule has 1 aliphatic carbocycles. The minimum atomic E-state index is -0.772. The highest BCUT2D eigenvalue weighted by atomic mass is 16.6. The van der Waals surface area contributed by atoms with Crippen molar-refractivity contribution in [3.05, 3.63) is 36.0 Å². The lowest BCUT2D eigenvalue weighted by atomic mass is 9.89. The Morgan fingerprint density at radius 1 is 1.35 bits per heavy atom. The molecule has 23 heavy (non-hydrogen) atoms. The Balaban J connectivity index is 2.13. The van der Waals surface area contributed by atoms with Crippen LogP contribution in [-0.2, 0) is 14.3 Å². The average Bonchev–Trinajstić information content (AvgIpc) is 2.64. The summed E-state index contributed by atoms with van der Waals surface area (Å²) in [6.07, 6.45) is 11.3. The van der Waals surface area contributed by atoms with Gasteiger partial charge in [0.25, 0.3) is 0 Å². The second-order valence-corrected chi connectivity index (χ2v) is 7.66. The maximum Gasteiger partial charge on any atom is 0.314 e. The molecule has 1 fully saturated rings. The van der Waals surface area contributed by atoms with Crippen molar-refractivity contribution in [2.45, 2.75) is 59.1 Å². The van der Waals surface area contributed by atoms with Crippen molar-refractivity contribution in [1.82, 2.24) is 4.90 Å². The van der Waals surface area contributed by atoms with Crippen molar-refractivity contribution in [3.63, 3.8) is 0 Å². The maximum atomic E-state index is 12.5. The first kappa shape index (κ1) is 17.5. The zero-order valence-electron chi connectivity index (χ0n) is 14.8. The molecule has 4 nitrogen and oxygen atoms in total. The number of likely N-dealkylation sites (tertiary alicyclic amines) is 1. The van der Waals surface area contributed by atoms with Crippen LogP contribution in [0.2, 0.25) is 0 Å². The Bertz CT molecular complexity index is 580. The van der Waals surface area contributed by atoms with Crippen LogP contribution in [0.1, 0.15) is 47.5 Å². The number of rotatable bonds is 3. The molecule has 126 valence electrons. The number of nitrogens with zero attached hydrogens (tertiary/aromatic N) is 1. The molecular weight excluding hydrogens is 290 g/mol. The van der Waals surface area contributed by atoms with Gasteiger partial charge in [-0.05, 0) is 46.6 Å². The van der Waals surface area contributed by atoms with Crippen LogP contribution < -0.4 is 0 Å². The summed E-state index contributed by atoms with van der Waals surface area (Å²) in [5.74, 6) is -0.280. The monoisotopic (exact) mass is 317 g/mol. The molecule has 1 amide bonds. The normalized spacial score (nSPS) is 26.0. The van der Waals surface area contributed by atoms with Crippen molar-refractivity contribution >= 4 is 11.9 Å². The van der Waals surface area contributed by atoms with Gasteiger partial charge in [-0.1, -0.05) is 30.4 Å². The molecule has 0 bridgehead atoms. The molecular formula is C19H27NO3. The van der Waals surface area contributed by atoms with E-state index in [1.165, 1.54) is 0 Å². The Kier molecular flexibility index (Phi) is 4.83. The average molecular weight is 317 g/mol. The van der Waals surface area contributed by atoms with Crippen LogP contribution in [0.25, 0.3) is 0 Å². The van der Waals surface area contributed by atoms with Gasteiger partial charge in [-0.25, -0.2) is 0 Å². The van der Waals surface area contributed by atoms with Crippen LogP contribution in [0.5, 0.6) is 0 Å². The molecule has 0 aromatic rings. The molecule has 2 aliphatic rings. The van der Waals surface area contributed by atoms with Crippen molar-refractivity contribution in [2.24, 2.45) is 5.41 Å². The molecule has 0 spiro atoms. The van der Waals surface area contributed by atoms with Crippen molar-refractivity contribution in [3.8, 4) is 0 Å². The predicted molar refractivity (Wildman–Crippen MR) is 90.7 cm³/mol. The van der Waals surface area contributed by atoms with Gasteiger partial charge < -0.3 is 9.64 Å². The van der Waals surface area contributed by atoms with Gasteiger partial charge in [0.05, 0.1) is 11.5 Å². The zero-order valence-corrected chi connectivity index (χ0v) is 14.8. The van der Waals surface area contributed by atoms with E-state index in [1.54, 1.807) is 4.90 Å². The van der Waals surface area contributed by atoms with E-state index in [2.05, 4.69) is 12.2 Å². The van der Waals surface area contributed by atoms with E-state index in [4.69, 9.17) is 4.74 Å². The van der Waals surface area contributed by atoms with E-state index < -0.39 is 11.0 Å². The van der Waals surface area contributed by atoms with Crippen LogP contribution in [0.15, 0.2) is 36.0 Å². The van der Waals surface area contributed by atoms with Gasteiger partial charge in [0, 0.05) is 13.0 Å². The minimum absolute atomic E-state index is 0.0114. The fourth-order valence-electron chi connectivity index (χ4n) is 2.93. The summed E-state index contributed by atoms with van der Waals surface area (Å²) in [5, 5.41) is 0. The number of esters is 1. The summed E-state index contributed by atoms with van der Waals surface area (Å²) in [7, 11) is 0.